The lowest BCUT2D eigenvalue weighted by Crippen LogP contribution is -2.19. The van der Waals surface area contributed by atoms with Crippen molar-refractivity contribution in [1.29, 1.82) is 0 Å². The smallest absolute Gasteiger partial charge is 0.343 e. The van der Waals surface area contributed by atoms with Crippen LogP contribution >= 0.6 is 15.9 Å². The molecule has 22 heavy (non-hydrogen) atoms. The fourth-order valence-electron chi connectivity index (χ4n) is 1.75. The average Bonchev–Trinajstić information content (AvgIpc) is 2.50. The highest BCUT2D eigenvalue weighted by molar-refractivity contribution is 9.10. The van der Waals surface area contributed by atoms with E-state index in [-0.39, 0.29) is 11.1 Å². The number of Topliss-reactive ketones (excluding diaryl/α,β-unsaturated/α-hetero) is 1. The lowest BCUT2D eigenvalue weighted by atomic mass is 10.0. The molecule has 0 amide bonds. The molecule has 1 aromatic rings. The van der Waals surface area contributed by atoms with Gasteiger partial charge in [0.2, 0.25) is 5.78 Å². The fraction of sp³-hybridized carbons (Fsp3) is 0.333. The van der Waals surface area contributed by atoms with Crippen LogP contribution in [0.3, 0.4) is 0 Å². The number of methoxy groups -OCH3 is 3. The van der Waals surface area contributed by atoms with E-state index in [0.717, 1.165) is 0 Å². The quantitative estimate of drug-likeness (QED) is 0.251. The molecule has 0 aliphatic carbocycles. The molecule has 0 radical (unpaired) electrons. The Morgan fingerprint density at radius 3 is 2.14 bits per heavy atom. The molecule has 0 atom stereocenters. The highest BCUT2D eigenvalue weighted by Gasteiger charge is 2.25. The molecular formula is C15H18BrNO5. The molecule has 6 nitrogen and oxygen atoms in total. The molecule has 0 aliphatic heterocycles. The van der Waals surface area contributed by atoms with Gasteiger partial charge in [0.25, 0.3) is 0 Å². The van der Waals surface area contributed by atoms with Gasteiger partial charge in [-0.2, -0.15) is 0 Å². The molecule has 1 aromatic carbocycles. The van der Waals surface area contributed by atoms with Gasteiger partial charge in [-0.05, 0) is 22.0 Å². The number of carbonyl (C=O) groups excluding carboxylic acids is 2. The number of hydrogen-bond donors (Lipinski definition) is 0. The molecule has 0 bridgehead atoms. The van der Waals surface area contributed by atoms with Crippen LogP contribution in [0.2, 0.25) is 0 Å². The average molecular weight is 372 g/mol. The molecular weight excluding hydrogens is 354 g/mol. The van der Waals surface area contributed by atoms with Crippen molar-refractivity contribution in [3.05, 3.63) is 33.9 Å². The van der Waals surface area contributed by atoms with Gasteiger partial charge in [0, 0.05) is 26.4 Å². The summed E-state index contributed by atoms with van der Waals surface area (Å²) in [5.41, 5.74) is 0.136. The first kappa shape index (κ1) is 18.0. The van der Waals surface area contributed by atoms with Crippen molar-refractivity contribution in [2.24, 2.45) is 0 Å². The van der Waals surface area contributed by atoms with E-state index in [1.807, 2.05) is 0 Å². The van der Waals surface area contributed by atoms with E-state index in [2.05, 4.69) is 20.7 Å². The largest absolute Gasteiger partial charge is 0.496 e. The molecule has 1 rings (SSSR count). The first-order valence-electron chi connectivity index (χ1n) is 6.28. The summed E-state index contributed by atoms with van der Waals surface area (Å²) in [5, 5.41) is 0. The molecule has 0 N–H and O–H groups in total. The third kappa shape index (κ3) is 4.00. The number of carbonyl (C=O) groups is 2. The molecule has 0 heterocycles. The molecule has 0 aromatic heterocycles. The van der Waals surface area contributed by atoms with E-state index >= 15 is 0 Å². The first-order chi connectivity index (χ1) is 10.3. The van der Waals surface area contributed by atoms with Crippen molar-refractivity contribution in [3.63, 3.8) is 0 Å². The molecule has 0 unspecified atom stereocenters. The van der Waals surface area contributed by atoms with Crippen LogP contribution in [0.25, 0.3) is 0 Å². The Balaban J connectivity index is 3.42. The zero-order valence-corrected chi connectivity index (χ0v) is 14.7. The fourth-order valence-corrected chi connectivity index (χ4v) is 2.26. The van der Waals surface area contributed by atoms with Gasteiger partial charge >= 0.3 is 5.97 Å². The Kier molecular flexibility index (Phi) is 6.42. The second-order valence-corrected chi connectivity index (χ2v) is 5.37. The zero-order valence-electron chi connectivity index (χ0n) is 13.1. The number of hydrogen-bond acceptors (Lipinski definition) is 6. The number of rotatable bonds is 6. The van der Waals surface area contributed by atoms with Gasteiger partial charge in [-0.1, -0.05) is 0 Å². The minimum Gasteiger partial charge on any atom is -0.496 e. The van der Waals surface area contributed by atoms with Gasteiger partial charge in [0.05, 0.1) is 31.4 Å². The predicted molar refractivity (Wildman–Crippen MR) is 85.4 cm³/mol. The van der Waals surface area contributed by atoms with Crippen LogP contribution in [0.5, 0.6) is 11.5 Å². The molecule has 0 saturated heterocycles. The molecule has 120 valence electrons. The van der Waals surface area contributed by atoms with E-state index in [9.17, 15) is 9.59 Å². The van der Waals surface area contributed by atoms with Crippen molar-refractivity contribution in [3.8, 4) is 11.5 Å². The number of ether oxygens (including phenoxy) is 3. The van der Waals surface area contributed by atoms with Gasteiger partial charge in [0.1, 0.15) is 17.1 Å². The number of esters is 1. The maximum Gasteiger partial charge on any atom is 0.343 e. The van der Waals surface area contributed by atoms with Crippen LogP contribution in [-0.4, -0.2) is 52.1 Å². The Bertz CT molecular complexity index is 610. The van der Waals surface area contributed by atoms with Crippen molar-refractivity contribution in [2.75, 3.05) is 35.4 Å². The van der Waals surface area contributed by atoms with Gasteiger partial charge in [-0.15, -0.1) is 0 Å². The third-order valence-electron chi connectivity index (χ3n) is 2.76. The monoisotopic (exact) mass is 371 g/mol. The van der Waals surface area contributed by atoms with E-state index < -0.39 is 11.8 Å². The molecule has 0 spiro atoms. The first-order valence-corrected chi connectivity index (χ1v) is 7.07. The summed E-state index contributed by atoms with van der Waals surface area (Å²) in [6, 6.07) is 3.12. The van der Waals surface area contributed by atoms with Crippen molar-refractivity contribution in [2.45, 2.75) is 0 Å². The minimum atomic E-state index is -0.715. The minimum absolute atomic E-state index is 0.0946. The standard InChI is InChI=1S/C15H18BrNO5/c1-17(2)8-10(15(19)22-5)14(18)9-6-11(16)13(21-4)7-12(9)20-3/h6-8H,1-5H3/b10-8-. The summed E-state index contributed by atoms with van der Waals surface area (Å²) in [4.78, 5) is 26.1. The lowest BCUT2D eigenvalue weighted by Gasteiger charge is -2.14. The van der Waals surface area contributed by atoms with Crippen LogP contribution < -0.4 is 9.47 Å². The van der Waals surface area contributed by atoms with Crippen LogP contribution in [0.4, 0.5) is 0 Å². The molecule has 0 fully saturated rings. The molecule has 0 aliphatic rings. The summed E-state index contributed by atoms with van der Waals surface area (Å²) in [6.07, 6.45) is 1.41. The van der Waals surface area contributed by atoms with Crippen LogP contribution in [0.1, 0.15) is 10.4 Å². The summed E-state index contributed by atoms with van der Waals surface area (Å²) in [6.45, 7) is 0. The van der Waals surface area contributed by atoms with E-state index in [1.165, 1.54) is 27.5 Å². The summed E-state index contributed by atoms with van der Waals surface area (Å²) in [5.74, 6) is -0.392. The van der Waals surface area contributed by atoms with Gasteiger partial charge < -0.3 is 19.1 Å². The van der Waals surface area contributed by atoms with Crippen LogP contribution in [-0.2, 0) is 9.53 Å². The highest BCUT2D eigenvalue weighted by Crippen LogP contribution is 2.34. The zero-order chi connectivity index (χ0) is 16.9. The Morgan fingerprint density at radius 2 is 1.68 bits per heavy atom. The third-order valence-corrected chi connectivity index (χ3v) is 3.38. The SMILES string of the molecule is COC(=O)/C(=C\N(C)C)C(=O)c1cc(Br)c(OC)cc1OC. The highest BCUT2D eigenvalue weighted by atomic mass is 79.9. The topological polar surface area (TPSA) is 65.1 Å². The van der Waals surface area contributed by atoms with E-state index in [1.54, 1.807) is 31.1 Å². The predicted octanol–water partition coefficient (Wildman–Crippen LogP) is 2.27. The van der Waals surface area contributed by atoms with Gasteiger partial charge in [-0.3, -0.25) is 4.79 Å². The summed E-state index contributed by atoms with van der Waals surface area (Å²) < 4.78 is 15.6. The van der Waals surface area contributed by atoms with Crippen molar-refractivity contribution >= 4 is 27.7 Å². The number of nitrogens with zero attached hydrogens (tertiary/aromatic N) is 1. The summed E-state index contributed by atoms with van der Waals surface area (Å²) >= 11 is 3.31. The number of ketones is 1. The normalized spacial score (nSPS) is 10.9. The van der Waals surface area contributed by atoms with Gasteiger partial charge in [0.15, 0.2) is 0 Å². The van der Waals surface area contributed by atoms with E-state index in [4.69, 9.17) is 9.47 Å². The Labute approximate surface area is 137 Å². The van der Waals surface area contributed by atoms with Crippen LogP contribution in [0, 0.1) is 0 Å². The number of benzene rings is 1. The summed E-state index contributed by atoms with van der Waals surface area (Å²) in [7, 11) is 7.58. The van der Waals surface area contributed by atoms with Crippen LogP contribution in [0.15, 0.2) is 28.4 Å². The van der Waals surface area contributed by atoms with E-state index in [0.29, 0.717) is 16.0 Å². The maximum absolute atomic E-state index is 12.7. The Hall–Kier alpha value is -2.02. The van der Waals surface area contributed by atoms with Gasteiger partial charge in [-0.25, -0.2) is 4.79 Å². The Morgan fingerprint density at radius 1 is 1.09 bits per heavy atom. The molecule has 0 saturated carbocycles. The second-order valence-electron chi connectivity index (χ2n) is 4.51. The maximum atomic E-state index is 12.7. The molecule has 7 heteroatoms. The van der Waals surface area contributed by atoms with Crippen molar-refractivity contribution < 1.29 is 23.8 Å². The lowest BCUT2D eigenvalue weighted by molar-refractivity contribution is -0.135. The van der Waals surface area contributed by atoms with Crippen molar-refractivity contribution in [1.82, 2.24) is 4.90 Å². The second kappa shape index (κ2) is 7.84. The number of halogens is 1.